The van der Waals surface area contributed by atoms with Crippen LogP contribution in [-0.2, 0) is 19.1 Å². The van der Waals surface area contributed by atoms with E-state index in [1.165, 1.54) is 0 Å². The first-order valence-corrected chi connectivity index (χ1v) is 5.89. The number of hydrogen-bond acceptors (Lipinski definition) is 4. The molecule has 0 heterocycles. The van der Waals surface area contributed by atoms with Gasteiger partial charge in [-0.25, -0.2) is 9.59 Å². The lowest BCUT2D eigenvalue weighted by molar-refractivity contribution is -0.147. The zero-order valence-electron chi connectivity index (χ0n) is 12.0. The van der Waals surface area contributed by atoms with Gasteiger partial charge in [0.25, 0.3) is 0 Å². The largest absolute Gasteiger partial charge is 0.459 e. The second-order valence-corrected chi connectivity index (χ2v) is 4.52. The first-order valence-electron chi connectivity index (χ1n) is 5.89. The van der Waals surface area contributed by atoms with Gasteiger partial charge in [-0.15, -0.1) is 0 Å². The van der Waals surface area contributed by atoms with Gasteiger partial charge >= 0.3 is 11.9 Å². The van der Waals surface area contributed by atoms with Crippen LogP contribution in [-0.4, -0.2) is 25.2 Å². The number of esters is 2. The third kappa shape index (κ3) is 5.66. The van der Waals surface area contributed by atoms with Crippen LogP contribution >= 0.6 is 0 Å². The highest BCUT2D eigenvalue weighted by atomic mass is 16.6. The van der Waals surface area contributed by atoms with Crippen LogP contribution in [0.25, 0.3) is 0 Å². The summed E-state index contributed by atoms with van der Waals surface area (Å²) in [4.78, 5) is 22.9. The smallest absolute Gasteiger partial charge is 0.333 e. The van der Waals surface area contributed by atoms with Gasteiger partial charge in [-0.05, 0) is 41.5 Å². The van der Waals surface area contributed by atoms with E-state index in [0.717, 1.165) is 11.1 Å². The molecule has 0 amide bonds. The summed E-state index contributed by atoms with van der Waals surface area (Å²) in [5.74, 6) is -0.741. The standard InChI is InChI=1S/C14H22O4/c1-9(2)11(5)13(15)17-7-8-18-14(16)12(6)10(3)4/h7-8H2,1-6H3. The molecule has 0 aliphatic rings. The summed E-state index contributed by atoms with van der Waals surface area (Å²) in [6, 6.07) is 0. The topological polar surface area (TPSA) is 52.6 Å². The molecule has 0 N–H and O–H groups in total. The van der Waals surface area contributed by atoms with Gasteiger partial charge in [-0.2, -0.15) is 0 Å². The quantitative estimate of drug-likeness (QED) is 0.430. The van der Waals surface area contributed by atoms with Crippen molar-refractivity contribution in [2.45, 2.75) is 41.5 Å². The van der Waals surface area contributed by atoms with Crippen LogP contribution in [0.4, 0.5) is 0 Å². The molecule has 0 fully saturated rings. The Morgan fingerprint density at radius 1 is 0.667 bits per heavy atom. The maximum Gasteiger partial charge on any atom is 0.333 e. The lowest BCUT2D eigenvalue weighted by Gasteiger charge is -2.08. The average Bonchev–Trinajstić information content (AvgIpc) is 2.31. The molecule has 0 aromatic rings. The van der Waals surface area contributed by atoms with Crippen molar-refractivity contribution in [3.8, 4) is 0 Å². The first-order chi connectivity index (χ1) is 8.27. The highest BCUT2D eigenvalue weighted by Gasteiger charge is 2.09. The summed E-state index contributed by atoms with van der Waals surface area (Å²) < 4.78 is 9.93. The molecule has 0 radical (unpaired) electrons. The van der Waals surface area contributed by atoms with E-state index < -0.39 is 0 Å². The number of rotatable bonds is 5. The van der Waals surface area contributed by atoms with Crippen LogP contribution < -0.4 is 0 Å². The van der Waals surface area contributed by atoms with Gasteiger partial charge in [0.05, 0.1) is 0 Å². The molecule has 0 aliphatic carbocycles. The summed E-state index contributed by atoms with van der Waals surface area (Å²) in [5.41, 5.74) is 3.00. The van der Waals surface area contributed by atoms with E-state index in [1.54, 1.807) is 13.8 Å². The molecule has 0 aromatic carbocycles. The second kappa shape index (κ2) is 7.69. The van der Waals surface area contributed by atoms with Crippen molar-refractivity contribution in [1.29, 1.82) is 0 Å². The molecule has 0 atom stereocenters. The minimum absolute atomic E-state index is 0.0746. The lowest BCUT2D eigenvalue weighted by atomic mass is 10.2. The Kier molecular flexibility index (Phi) is 7.01. The fourth-order valence-electron chi connectivity index (χ4n) is 0.893. The van der Waals surface area contributed by atoms with Gasteiger partial charge in [0.2, 0.25) is 0 Å². The summed E-state index contributed by atoms with van der Waals surface area (Å²) in [6.07, 6.45) is 0. The van der Waals surface area contributed by atoms with E-state index >= 15 is 0 Å². The van der Waals surface area contributed by atoms with Crippen LogP contribution in [0, 0.1) is 0 Å². The van der Waals surface area contributed by atoms with Crippen molar-refractivity contribution < 1.29 is 19.1 Å². The van der Waals surface area contributed by atoms with Gasteiger partial charge in [-0.1, -0.05) is 11.1 Å². The van der Waals surface area contributed by atoms with E-state index in [4.69, 9.17) is 9.47 Å². The molecule has 0 saturated carbocycles. The van der Waals surface area contributed by atoms with E-state index in [1.807, 2.05) is 27.7 Å². The second-order valence-electron chi connectivity index (χ2n) is 4.52. The van der Waals surface area contributed by atoms with Gasteiger partial charge in [-0.3, -0.25) is 0 Å². The molecule has 4 nitrogen and oxygen atoms in total. The van der Waals surface area contributed by atoms with E-state index in [0.29, 0.717) is 11.1 Å². The Hall–Kier alpha value is -1.58. The van der Waals surface area contributed by atoms with Crippen LogP contribution in [0.1, 0.15) is 41.5 Å². The Bertz CT molecular complexity index is 343. The van der Waals surface area contributed by atoms with Gasteiger partial charge < -0.3 is 9.47 Å². The van der Waals surface area contributed by atoms with Crippen molar-refractivity contribution >= 4 is 11.9 Å². The SMILES string of the molecule is CC(C)=C(C)C(=O)OCCOC(=O)C(C)=C(C)C. The zero-order chi connectivity index (χ0) is 14.3. The predicted molar refractivity (Wildman–Crippen MR) is 70.0 cm³/mol. The fraction of sp³-hybridized carbons (Fsp3) is 0.571. The summed E-state index contributed by atoms with van der Waals surface area (Å²) >= 11 is 0. The highest BCUT2D eigenvalue weighted by molar-refractivity contribution is 5.89. The molecular formula is C14H22O4. The Balaban J connectivity index is 4.04. The highest BCUT2D eigenvalue weighted by Crippen LogP contribution is 2.05. The van der Waals surface area contributed by atoms with Gasteiger partial charge in [0.15, 0.2) is 0 Å². The summed E-state index contributed by atoms with van der Waals surface area (Å²) in [6.45, 7) is 10.9. The van der Waals surface area contributed by atoms with E-state index in [2.05, 4.69) is 0 Å². The normalized spacial score (nSPS) is 9.44. The average molecular weight is 254 g/mol. The number of allylic oxidation sites excluding steroid dienone is 2. The van der Waals surface area contributed by atoms with Crippen molar-refractivity contribution in [3.05, 3.63) is 22.3 Å². The molecule has 0 aliphatic heterocycles. The van der Waals surface area contributed by atoms with Crippen molar-refractivity contribution in [2.24, 2.45) is 0 Å². The van der Waals surface area contributed by atoms with E-state index in [-0.39, 0.29) is 25.2 Å². The maximum atomic E-state index is 11.4. The molecule has 0 spiro atoms. The third-order valence-electron chi connectivity index (χ3n) is 2.66. The molecule has 0 saturated heterocycles. The number of carbonyl (C=O) groups excluding carboxylic acids is 2. The molecule has 0 unspecified atom stereocenters. The van der Waals surface area contributed by atoms with Crippen LogP contribution in [0.5, 0.6) is 0 Å². The van der Waals surface area contributed by atoms with Crippen molar-refractivity contribution in [1.82, 2.24) is 0 Å². The van der Waals surface area contributed by atoms with Crippen molar-refractivity contribution in [2.75, 3.05) is 13.2 Å². The molecule has 0 bridgehead atoms. The maximum absolute atomic E-state index is 11.4. The van der Waals surface area contributed by atoms with E-state index in [9.17, 15) is 9.59 Å². The Labute approximate surface area is 109 Å². The molecule has 18 heavy (non-hydrogen) atoms. The van der Waals surface area contributed by atoms with Gasteiger partial charge in [0, 0.05) is 11.1 Å². The van der Waals surface area contributed by atoms with Crippen LogP contribution in [0.15, 0.2) is 22.3 Å². The zero-order valence-corrected chi connectivity index (χ0v) is 12.0. The van der Waals surface area contributed by atoms with Crippen LogP contribution in [0.2, 0.25) is 0 Å². The number of ether oxygens (including phenoxy) is 2. The Morgan fingerprint density at radius 3 is 1.17 bits per heavy atom. The van der Waals surface area contributed by atoms with Crippen LogP contribution in [0.3, 0.4) is 0 Å². The lowest BCUT2D eigenvalue weighted by Crippen LogP contribution is -2.15. The van der Waals surface area contributed by atoms with Crippen molar-refractivity contribution in [3.63, 3.8) is 0 Å². The minimum atomic E-state index is -0.370. The fourth-order valence-corrected chi connectivity index (χ4v) is 0.893. The minimum Gasteiger partial charge on any atom is -0.459 e. The molecule has 102 valence electrons. The molecule has 0 aromatic heterocycles. The predicted octanol–water partition coefficient (Wildman–Crippen LogP) is 2.79. The first kappa shape index (κ1) is 16.4. The molecule has 4 heteroatoms. The summed E-state index contributed by atoms with van der Waals surface area (Å²) in [5, 5.41) is 0. The molecule has 0 rings (SSSR count). The number of carbonyl (C=O) groups is 2. The molecular weight excluding hydrogens is 232 g/mol. The summed E-state index contributed by atoms with van der Waals surface area (Å²) in [7, 11) is 0. The number of hydrogen-bond donors (Lipinski definition) is 0. The monoisotopic (exact) mass is 254 g/mol. The van der Waals surface area contributed by atoms with Gasteiger partial charge in [0.1, 0.15) is 13.2 Å². The Morgan fingerprint density at radius 2 is 0.944 bits per heavy atom. The third-order valence-corrected chi connectivity index (χ3v) is 2.66.